The number of aryl methyl sites for hydroxylation is 2. The summed E-state index contributed by atoms with van der Waals surface area (Å²) in [5.41, 5.74) is 1.62. The molecule has 3 nitrogen and oxygen atoms in total. The van der Waals surface area contributed by atoms with Crippen molar-refractivity contribution < 1.29 is 9.13 Å². The quantitative estimate of drug-likeness (QED) is 0.798. The van der Waals surface area contributed by atoms with Crippen molar-refractivity contribution in [2.24, 2.45) is 0 Å². The van der Waals surface area contributed by atoms with Crippen molar-refractivity contribution in [3.8, 4) is 5.75 Å². The summed E-state index contributed by atoms with van der Waals surface area (Å²) in [6, 6.07) is 6.06. The average Bonchev–Trinajstić information content (AvgIpc) is 2.29. The fraction of sp³-hybridized carbons (Fsp3) is 0.231. The van der Waals surface area contributed by atoms with Crippen molar-refractivity contribution in [2.75, 3.05) is 0 Å². The molecule has 1 aromatic heterocycles. The van der Waals surface area contributed by atoms with Gasteiger partial charge in [-0.2, -0.15) is 0 Å². The normalized spacial score (nSPS) is 10.4. The zero-order chi connectivity index (χ0) is 13.1. The fourth-order valence-corrected chi connectivity index (χ4v) is 1.78. The van der Waals surface area contributed by atoms with E-state index in [0.717, 1.165) is 11.3 Å². The Hall–Kier alpha value is -1.68. The summed E-state index contributed by atoms with van der Waals surface area (Å²) >= 11 is 5.82. The molecule has 0 fully saturated rings. The van der Waals surface area contributed by atoms with Gasteiger partial charge in [0, 0.05) is 11.8 Å². The summed E-state index contributed by atoms with van der Waals surface area (Å²) in [5.74, 6) is 0.624. The maximum absolute atomic E-state index is 13.1. The third kappa shape index (κ3) is 3.17. The highest BCUT2D eigenvalue weighted by Crippen LogP contribution is 2.19. The lowest BCUT2D eigenvalue weighted by atomic mass is 10.2. The van der Waals surface area contributed by atoms with Gasteiger partial charge in [-0.1, -0.05) is 17.7 Å². The molecule has 0 radical (unpaired) electrons. The second-order valence-corrected chi connectivity index (χ2v) is 4.33. The van der Waals surface area contributed by atoms with Crippen LogP contribution in [0.3, 0.4) is 0 Å². The Balaban J connectivity index is 2.13. The molecular weight excluding hydrogens is 255 g/mol. The van der Waals surface area contributed by atoms with Crippen LogP contribution in [0.5, 0.6) is 5.75 Å². The first-order valence-corrected chi connectivity index (χ1v) is 5.81. The molecule has 0 saturated heterocycles. The minimum atomic E-state index is -0.334. The Morgan fingerprint density at radius 3 is 2.72 bits per heavy atom. The second-order valence-electron chi connectivity index (χ2n) is 3.95. The van der Waals surface area contributed by atoms with Crippen LogP contribution in [0.15, 0.2) is 24.3 Å². The van der Waals surface area contributed by atoms with Gasteiger partial charge in [-0.3, -0.25) is 0 Å². The number of nitrogens with zero attached hydrogens (tertiary/aromatic N) is 2. The summed E-state index contributed by atoms with van der Waals surface area (Å²) in [6.45, 7) is 3.83. The van der Waals surface area contributed by atoms with Crippen LogP contribution in [0.25, 0.3) is 0 Å². The highest BCUT2D eigenvalue weighted by molar-refractivity contribution is 6.29. The summed E-state index contributed by atoms with van der Waals surface area (Å²) in [7, 11) is 0. The molecule has 1 aromatic carbocycles. The van der Waals surface area contributed by atoms with Crippen molar-refractivity contribution >= 4 is 11.6 Å². The van der Waals surface area contributed by atoms with E-state index in [0.29, 0.717) is 16.7 Å². The SMILES string of the molecule is Cc1cc(Cl)nc(COc2cc(F)ccc2C)n1. The van der Waals surface area contributed by atoms with Gasteiger partial charge < -0.3 is 4.74 Å². The van der Waals surface area contributed by atoms with Crippen LogP contribution in [0.2, 0.25) is 5.15 Å². The minimum Gasteiger partial charge on any atom is -0.485 e. The van der Waals surface area contributed by atoms with Crippen LogP contribution in [-0.2, 0) is 6.61 Å². The van der Waals surface area contributed by atoms with Crippen LogP contribution < -0.4 is 4.74 Å². The van der Waals surface area contributed by atoms with E-state index < -0.39 is 0 Å². The Kier molecular flexibility index (Phi) is 3.77. The zero-order valence-electron chi connectivity index (χ0n) is 10.1. The van der Waals surface area contributed by atoms with Gasteiger partial charge in [0.2, 0.25) is 0 Å². The van der Waals surface area contributed by atoms with Gasteiger partial charge in [0.1, 0.15) is 23.3 Å². The number of benzene rings is 1. The second kappa shape index (κ2) is 5.31. The predicted octanol–water partition coefficient (Wildman–Crippen LogP) is 3.46. The van der Waals surface area contributed by atoms with Crippen molar-refractivity contribution in [1.82, 2.24) is 9.97 Å². The van der Waals surface area contributed by atoms with Crippen LogP contribution in [0.4, 0.5) is 4.39 Å². The highest BCUT2D eigenvalue weighted by Gasteiger charge is 2.05. The lowest BCUT2D eigenvalue weighted by Crippen LogP contribution is -2.03. The zero-order valence-corrected chi connectivity index (χ0v) is 10.8. The number of halogens is 2. The summed E-state index contributed by atoms with van der Waals surface area (Å²) in [5, 5.41) is 0.372. The monoisotopic (exact) mass is 266 g/mol. The Bertz CT molecular complexity index is 555. The van der Waals surface area contributed by atoms with Crippen molar-refractivity contribution in [3.63, 3.8) is 0 Å². The average molecular weight is 267 g/mol. The van der Waals surface area contributed by atoms with Crippen molar-refractivity contribution in [3.05, 3.63) is 52.3 Å². The number of aromatic nitrogens is 2. The number of hydrogen-bond acceptors (Lipinski definition) is 3. The van der Waals surface area contributed by atoms with E-state index >= 15 is 0 Å². The molecule has 94 valence electrons. The van der Waals surface area contributed by atoms with E-state index in [1.807, 2.05) is 13.8 Å². The van der Waals surface area contributed by atoms with E-state index in [4.69, 9.17) is 16.3 Å². The molecule has 2 rings (SSSR count). The van der Waals surface area contributed by atoms with Gasteiger partial charge >= 0.3 is 0 Å². The van der Waals surface area contributed by atoms with Gasteiger partial charge in [-0.15, -0.1) is 0 Å². The number of hydrogen-bond donors (Lipinski definition) is 0. The molecule has 1 heterocycles. The third-order valence-electron chi connectivity index (χ3n) is 2.38. The molecule has 0 spiro atoms. The van der Waals surface area contributed by atoms with Crippen LogP contribution in [0, 0.1) is 19.7 Å². The van der Waals surface area contributed by atoms with Gasteiger partial charge in [-0.25, -0.2) is 14.4 Å². The Morgan fingerprint density at radius 1 is 1.22 bits per heavy atom. The molecule has 0 unspecified atom stereocenters. The topological polar surface area (TPSA) is 35.0 Å². The molecule has 5 heteroatoms. The van der Waals surface area contributed by atoms with Crippen LogP contribution in [-0.4, -0.2) is 9.97 Å². The maximum Gasteiger partial charge on any atom is 0.167 e. The first-order chi connectivity index (χ1) is 8.54. The van der Waals surface area contributed by atoms with E-state index in [1.165, 1.54) is 12.1 Å². The molecule has 2 aromatic rings. The van der Waals surface area contributed by atoms with E-state index in [9.17, 15) is 4.39 Å². The third-order valence-corrected chi connectivity index (χ3v) is 2.57. The largest absolute Gasteiger partial charge is 0.485 e. The van der Waals surface area contributed by atoms with Gasteiger partial charge in [-0.05, 0) is 31.5 Å². The summed E-state index contributed by atoms with van der Waals surface area (Å²) in [4.78, 5) is 8.22. The molecular formula is C13H12ClFN2O. The lowest BCUT2D eigenvalue weighted by Gasteiger charge is -2.08. The fourth-order valence-electron chi connectivity index (χ4n) is 1.53. The van der Waals surface area contributed by atoms with Gasteiger partial charge in [0.05, 0.1) is 0 Å². The molecule has 18 heavy (non-hydrogen) atoms. The molecule has 0 saturated carbocycles. The van der Waals surface area contributed by atoms with Crippen molar-refractivity contribution in [2.45, 2.75) is 20.5 Å². The maximum atomic E-state index is 13.1. The molecule has 0 aliphatic rings. The smallest absolute Gasteiger partial charge is 0.167 e. The highest BCUT2D eigenvalue weighted by atomic mass is 35.5. The molecule has 0 amide bonds. The van der Waals surface area contributed by atoms with Gasteiger partial charge in [0.25, 0.3) is 0 Å². The molecule has 0 aliphatic carbocycles. The number of ether oxygens (including phenoxy) is 1. The predicted molar refractivity (Wildman–Crippen MR) is 67.2 cm³/mol. The number of rotatable bonds is 3. The standard InChI is InChI=1S/C13H12ClFN2O/c1-8-3-4-10(15)6-11(8)18-7-13-16-9(2)5-12(14)17-13/h3-6H,7H2,1-2H3. The Labute approximate surface area is 110 Å². The van der Waals surface area contributed by atoms with Crippen molar-refractivity contribution in [1.29, 1.82) is 0 Å². The van der Waals surface area contributed by atoms with Crippen LogP contribution in [0.1, 0.15) is 17.1 Å². The summed E-state index contributed by atoms with van der Waals surface area (Å²) < 4.78 is 18.6. The lowest BCUT2D eigenvalue weighted by molar-refractivity contribution is 0.292. The van der Waals surface area contributed by atoms with Crippen LogP contribution >= 0.6 is 11.6 Å². The van der Waals surface area contributed by atoms with E-state index in [2.05, 4.69) is 9.97 Å². The van der Waals surface area contributed by atoms with Gasteiger partial charge in [0.15, 0.2) is 5.82 Å². The first kappa shape index (κ1) is 12.8. The van der Waals surface area contributed by atoms with E-state index in [1.54, 1.807) is 12.1 Å². The molecule has 0 atom stereocenters. The minimum absolute atomic E-state index is 0.158. The Morgan fingerprint density at radius 2 is 2.00 bits per heavy atom. The molecule has 0 N–H and O–H groups in total. The first-order valence-electron chi connectivity index (χ1n) is 5.43. The molecule has 0 aliphatic heterocycles. The van der Waals surface area contributed by atoms with E-state index in [-0.39, 0.29) is 12.4 Å². The molecule has 0 bridgehead atoms. The summed E-state index contributed by atoms with van der Waals surface area (Å²) in [6.07, 6.45) is 0.